The maximum atomic E-state index is 13.0. The second-order valence-corrected chi connectivity index (χ2v) is 8.27. The number of rotatable bonds is 6. The molecule has 1 amide bonds. The largest absolute Gasteiger partial charge is 0.352 e. The van der Waals surface area contributed by atoms with Crippen LogP contribution in [-0.4, -0.2) is 47.9 Å². The molecular formula is C23H28ClN3O. The molecule has 0 aromatic heterocycles. The SMILES string of the molecule is CC(c1ccccc1Cl)N1CCN(C(C(=O)NC2CC2)c2ccccc2)CC1. The molecule has 2 aliphatic rings. The topological polar surface area (TPSA) is 35.6 Å². The first kappa shape index (κ1) is 19.4. The lowest BCUT2D eigenvalue weighted by atomic mass is 10.0. The molecule has 0 bridgehead atoms. The van der Waals surface area contributed by atoms with Gasteiger partial charge in [-0.25, -0.2) is 0 Å². The molecule has 5 heteroatoms. The Labute approximate surface area is 172 Å². The van der Waals surface area contributed by atoms with Crippen molar-refractivity contribution in [3.05, 3.63) is 70.7 Å². The Balaban J connectivity index is 1.45. The summed E-state index contributed by atoms with van der Waals surface area (Å²) in [6, 6.07) is 18.7. The molecule has 1 saturated heterocycles. The summed E-state index contributed by atoms with van der Waals surface area (Å²) in [6.45, 7) is 5.79. The van der Waals surface area contributed by atoms with E-state index in [1.807, 2.05) is 36.4 Å². The van der Waals surface area contributed by atoms with E-state index in [1.165, 1.54) is 5.56 Å². The predicted molar refractivity (Wildman–Crippen MR) is 113 cm³/mol. The van der Waals surface area contributed by atoms with E-state index in [4.69, 9.17) is 11.6 Å². The van der Waals surface area contributed by atoms with Crippen molar-refractivity contribution in [1.29, 1.82) is 0 Å². The highest BCUT2D eigenvalue weighted by atomic mass is 35.5. The van der Waals surface area contributed by atoms with Crippen LogP contribution >= 0.6 is 11.6 Å². The van der Waals surface area contributed by atoms with Gasteiger partial charge < -0.3 is 5.32 Å². The van der Waals surface area contributed by atoms with Gasteiger partial charge in [-0.3, -0.25) is 14.6 Å². The molecule has 2 atom stereocenters. The summed E-state index contributed by atoms with van der Waals surface area (Å²) >= 11 is 6.40. The van der Waals surface area contributed by atoms with Crippen LogP contribution in [0.25, 0.3) is 0 Å². The van der Waals surface area contributed by atoms with Crippen molar-refractivity contribution in [2.24, 2.45) is 0 Å². The van der Waals surface area contributed by atoms with Crippen molar-refractivity contribution in [2.75, 3.05) is 26.2 Å². The lowest BCUT2D eigenvalue weighted by Crippen LogP contribution is -2.51. The van der Waals surface area contributed by atoms with Gasteiger partial charge in [0.25, 0.3) is 0 Å². The Hall–Kier alpha value is -1.88. The van der Waals surface area contributed by atoms with Gasteiger partial charge in [-0.05, 0) is 37.0 Å². The summed E-state index contributed by atoms with van der Waals surface area (Å²) in [5.74, 6) is 0.140. The number of hydrogen-bond donors (Lipinski definition) is 1. The number of nitrogens with one attached hydrogen (secondary N) is 1. The number of amides is 1. The first-order valence-corrected chi connectivity index (χ1v) is 10.6. The Kier molecular flexibility index (Phi) is 6.00. The molecule has 1 saturated carbocycles. The summed E-state index contributed by atoms with van der Waals surface area (Å²) in [7, 11) is 0. The third-order valence-electron chi connectivity index (χ3n) is 5.90. The van der Waals surface area contributed by atoms with E-state index in [0.717, 1.165) is 49.6 Å². The van der Waals surface area contributed by atoms with Crippen LogP contribution in [0.1, 0.15) is 43.0 Å². The quantitative estimate of drug-likeness (QED) is 0.799. The second kappa shape index (κ2) is 8.64. The molecule has 1 aliphatic carbocycles. The standard InChI is InChI=1S/C23H28ClN3O/c1-17(20-9-5-6-10-21(20)24)26-13-15-27(16-14-26)22(18-7-3-2-4-8-18)23(28)25-19-11-12-19/h2-10,17,19,22H,11-16H2,1H3,(H,25,28). The minimum Gasteiger partial charge on any atom is -0.352 e. The van der Waals surface area contributed by atoms with Gasteiger partial charge in [-0.1, -0.05) is 60.1 Å². The van der Waals surface area contributed by atoms with Crippen LogP contribution in [0.2, 0.25) is 5.02 Å². The Morgan fingerprint density at radius 3 is 2.21 bits per heavy atom. The molecule has 0 spiro atoms. The third-order valence-corrected chi connectivity index (χ3v) is 6.25. The smallest absolute Gasteiger partial charge is 0.242 e. The fourth-order valence-electron chi connectivity index (χ4n) is 4.06. The normalized spacial score (nSPS) is 20.5. The summed E-state index contributed by atoms with van der Waals surface area (Å²) in [5, 5.41) is 4.03. The number of benzene rings is 2. The minimum absolute atomic E-state index is 0.140. The molecule has 2 fully saturated rings. The molecule has 2 aromatic carbocycles. The fourth-order valence-corrected chi connectivity index (χ4v) is 4.36. The zero-order valence-electron chi connectivity index (χ0n) is 16.4. The number of hydrogen-bond acceptors (Lipinski definition) is 3. The maximum Gasteiger partial charge on any atom is 0.242 e. The van der Waals surface area contributed by atoms with Crippen LogP contribution in [0.4, 0.5) is 0 Å². The monoisotopic (exact) mass is 397 g/mol. The van der Waals surface area contributed by atoms with Crippen molar-refractivity contribution >= 4 is 17.5 Å². The van der Waals surface area contributed by atoms with Crippen LogP contribution in [0.5, 0.6) is 0 Å². The number of carbonyl (C=O) groups excluding carboxylic acids is 1. The summed E-state index contributed by atoms with van der Waals surface area (Å²) < 4.78 is 0. The number of halogens is 1. The van der Waals surface area contributed by atoms with Gasteiger partial charge in [-0.2, -0.15) is 0 Å². The second-order valence-electron chi connectivity index (χ2n) is 7.87. The van der Waals surface area contributed by atoms with Crippen LogP contribution in [0.3, 0.4) is 0 Å². The number of carbonyl (C=O) groups is 1. The highest BCUT2D eigenvalue weighted by Crippen LogP contribution is 2.30. The molecule has 4 rings (SSSR count). The number of nitrogens with zero attached hydrogens (tertiary/aromatic N) is 2. The van der Waals surface area contributed by atoms with Gasteiger partial charge >= 0.3 is 0 Å². The van der Waals surface area contributed by atoms with Crippen molar-refractivity contribution in [1.82, 2.24) is 15.1 Å². The summed E-state index contributed by atoms with van der Waals surface area (Å²) in [4.78, 5) is 17.8. The van der Waals surface area contributed by atoms with E-state index in [9.17, 15) is 4.79 Å². The average molecular weight is 398 g/mol. The van der Waals surface area contributed by atoms with E-state index in [2.05, 4.69) is 40.2 Å². The Morgan fingerprint density at radius 2 is 1.57 bits per heavy atom. The lowest BCUT2D eigenvalue weighted by Gasteiger charge is -2.41. The van der Waals surface area contributed by atoms with Gasteiger partial charge in [0.15, 0.2) is 0 Å². The number of piperazine rings is 1. The first-order chi connectivity index (χ1) is 13.6. The van der Waals surface area contributed by atoms with Crippen molar-refractivity contribution in [3.63, 3.8) is 0 Å². The van der Waals surface area contributed by atoms with E-state index in [0.29, 0.717) is 6.04 Å². The van der Waals surface area contributed by atoms with E-state index < -0.39 is 0 Å². The molecule has 1 N–H and O–H groups in total. The molecule has 2 unspecified atom stereocenters. The van der Waals surface area contributed by atoms with Crippen LogP contribution in [0.15, 0.2) is 54.6 Å². The molecule has 4 nitrogen and oxygen atoms in total. The van der Waals surface area contributed by atoms with Crippen molar-refractivity contribution in [3.8, 4) is 0 Å². The summed E-state index contributed by atoms with van der Waals surface area (Å²) in [5.41, 5.74) is 2.25. The maximum absolute atomic E-state index is 13.0. The molecule has 148 valence electrons. The molecule has 2 aromatic rings. The van der Waals surface area contributed by atoms with E-state index in [1.54, 1.807) is 0 Å². The average Bonchev–Trinajstić information content (AvgIpc) is 3.53. The van der Waals surface area contributed by atoms with Gasteiger partial charge in [0.2, 0.25) is 5.91 Å². The Morgan fingerprint density at radius 1 is 0.964 bits per heavy atom. The van der Waals surface area contributed by atoms with Crippen LogP contribution in [-0.2, 0) is 4.79 Å². The zero-order chi connectivity index (χ0) is 19.5. The first-order valence-electron chi connectivity index (χ1n) is 10.2. The van der Waals surface area contributed by atoms with Gasteiger partial charge in [-0.15, -0.1) is 0 Å². The van der Waals surface area contributed by atoms with Gasteiger partial charge in [0, 0.05) is 43.3 Å². The van der Waals surface area contributed by atoms with Gasteiger partial charge in [0.1, 0.15) is 6.04 Å². The fraction of sp³-hybridized carbons (Fsp3) is 0.435. The molecule has 1 aliphatic heterocycles. The van der Waals surface area contributed by atoms with E-state index >= 15 is 0 Å². The highest BCUT2D eigenvalue weighted by Gasteiger charge is 2.34. The summed E-state index contributed by atoms with van der Waals surface area (Å²) in [6.07, 6.45) is 2.22. The molecule has 0 radical (unpaired) electrons. The van der Waals surface area contributed by atoms with Gasteiger partial charge in [0.05, 0.1) is 0 Å². The highest BCUT2D eigenvalue weighted by molar-refractivity contribution is 6.31. The lowest BCUT2D eigenvalue weighted by molar-refractivity contribution is -0.127. The van der Waals surface area contributed by atoms with Crippen LogP contribution in [0, 0.1) is 0 Å². The van der Waals surface area contributed by atoms with Crippen molar-refractivity contribution < 1.29 is 4.79 Å². The Bertz CT molecular complexity index is 801. The zero-order valence-corrected chi connectivity index (χ0v) is 17.1. The van der Waals surface area contributed by atoms with E-state index in [-0.39, 0.29) is 18.0 Å². The molecule has 1 heterocycles. The molecular weight excluding hydrogens is 370 g/mol. The molecule has 28 heavy (non-hydrogen) atoms. The van der Waals surface area contributed by atoms with Crippen LogP contribution < -0.4 is 5.32 Å². The van der Waals surface area contributed by atoms with Crippen molar-refractivity contribution in [2.45, 2.75) is 37.9 Å². The predicted octanol–water partition coefficient (Wildman–Crippen LogP) is 4.04. The third kappa shape index (κ3) is 4.40. The minimum atomic E-state index is -0.209.